The number of rotatable bonds is 3. The molecule has 6 heteroatoms. The van der Waals surface area contributed by atoms with Crippen molar-refractivity contribution >= 4 is 11.7 Å². The molecule has 2 aromatic carbocycles. The molecule has 1 aliphatic heterocycles. The molecule has 1 aromatic heterocycles. The van der Waals surface area contributed by atoms with Gasteiger partial charge in [-0.2, -0.15) is 0 Å². The van der Waals surface area contributed by atoms with Gasteiger partial charge < -0.3 is 15.2 Å². The summed E-state index contributed by atoms with van der Waals surface area (Å²) < 4.78 is 0. The lowest BCUT2D eigenvalue weighted by molar-refractivity contribution is 0.205. The second-order valence-electron chi connectivity index (χ2n) is 7.96. The van der Waals surface area contributed by atoms with Crippen molar-refractivity contribution in [3.05, 3.63) is 92.2 Å². The highest BCUT2D eigenvalue weighted by Gasteiger charge is 2.25. The van der Waals surface area contributed by atoms with Gasteiger partial charge in [-0.25, -0.2) is 9.78 Å². The zero-order valence-electron chi connectivity index (χ0n) is 17.6. The summed E-state index contributed by atoms with van der Waals surface area (Å²) in [4.78, 5) is 34.8. The van der Waals surface area contributed by atoms with Crippen LogP contribution in [0.25, 0.3) is 0 Å². The average molecular weight is 402 g/mol. The van der Waals surface area contributed by atoms with E-state index in [9.17, 15) is 9.59 Å². The smallest absolute Gasteiger partial charge is 0.320 e. The molecule has 2 N–H and O–H groups in total. The molecule has 2 heterocycles. The van der Waals surface area contributed by atoms with Gasteiger partial charge in [-0.1, -0.05) is 42.0 Å². The summed E-state index contributed by atoms with van der Waals surface area (Å²) in [6.45, 7) is 6.84. The average Bonchev–Trinajstić information content (AvgIpc) is 2.71. The second-order valence-corrected chi connectivity index (χ2v) is 7.96. The lowest BCUT2D eigenvalue weighted by Crippen LogP contribution is -2.42. The van der Waals surface area contributed by atoms with Crippen LogP contribution in [-0.4, -0.2) is 27.4 Å². The van der Waals surface area contributed by atoms with Gasteiger partial charge in [0.2, 0.25) is 0 Å². The first kappa shape index (κ1) is 19.9. The van der Waals surface area contributed by atoms with Crippen LogP contribution >= 0.6 is 0 Å². The van der Waals surface area contributed by atoms with Crippen LogP contribution in [0.3, 0.4) is 0 Å². The molecular formula is C24H26N4O2. The summed E-state index contributed by atoms with van der Waals surface area (Å²) in [6.07, 6.45) is 1.16. The summed E-state index contributed by atoms with van der Waals surface area (Å²) in [5.41, 5.74) is 6.48. The number of hydrogen-bond donors (Lipinski definition) is 2. The van der Waals surface area contributed by atoms with E-state index in [0.29, 0.717) is 30.8 Å². The third-order valence-corrected chi connectivity index (χ3v) is 5.65. The summed E-state index contributed by atoms with van der Waals surface area (Å²) in [5.74, 6) is 0.668. The fourth-order valence-corrected chi connectivity index (χ4v) is 3.87. The topological polar surface area (TPSA) is 78.1 Å². The molecule has 0 bridgehead atoms. The van der Waals surface area contributed by atoms with Gasteiger partial charge in [0.15, 0.2) is 0 Å². The number of aromatic nitrogens is 2. The zero-order chi connectivity index (χ0) is 21.3. The molecule has 30 heavy (non-hydrogen) atoms. The largest absolute Gasteiger partial charge is 0.322 e. The summed E-state index contributed by atoms with van der Waals surface area (Å²) in [6, 6.07) is 13.8. The number of aryl methyl sites for hydroxylation is 3. The quantitative estimate of drug-likeness (QED) is 0.698. The van der Waals surface area contributed by atoms with Crippen molar-refractivity contribution in [1.82, 2.24) is 14.9 Å². The van der Waals surface area contributed by atoms with E-state index in [2.05, 4.69) is 23.3 Å². The highest BCUT2D eigenvalue weighted by atomic mass is 16.2. The number of H-pyrrole nitrogens is 1. The summed E-state index contributed by atoms with van der Waals surface area (Å²) in [5, 5.41) is 2.96. The molecule has 4 rings (SSSR count). The lowest BCUT2D eigenvalue weighted by atomic mass is 10.0. The first-order valence-corrected chi connectivity index (χ1v) is 10.2. The van der Waals surface area contributed by atoms with Gasteiger partial charge in [0.1, 0.15) is 5.82 Å². The third kappa shape index (κ3) is 4.13. The Hall–Kier alpha value is -3.41. The van der Waals surface area contributed by atoms with E-state index in [1.165, 1.54) is 5.56 Å². The first-order valence-electron chi connectivity index (χ1n) is 10.2. The molecule has 0 saturated heterocycles. The van der Waals surface area contributed by atoms with Gasteiger partial charge in [-0.3, -0.25) is 4.79 Å². The fraction of sp³-hybridized carbons (Fsp3) is 0.292. The Morgan fingerprint density at radius 1 is 1.13 bits per heavy atom. The maximum absolute atomic E-state index is 12.8. The van der Waals surface area contributed by atoms with E-state index in [-0.39, 0.29) is 18.1 Å². The van der Waals surface area contributed by atoms with Gasteiger partial charge in [-0.15, -0.1) is 0 Å². The molecule has 0 spiro atoms. The maximum Gasteiger partial charge on any atom is 0.322 e. The van der Waals surface area contributed by atoms with Gasteiger partial charge >= 0.3 is 6.03 Å². The molecular weight excluding hydrogens is 376 g/mol. The van der Waals surface area contributed by atoms with E-state index in [4.69, 9.17) is 4.98 Å². The number of benzene rings is 2. The standard InChI is InChI=1S/C24H26N4O2/c1-15-8-9-20(17(3)12-15)26-24(30)28-11-10-21-19(14-28)23(29)27-22(25-21)13-18-7-5-4-6-16(18)2/h4-9,12H,10-11,13-14H2,1-3H3,(H,26,30)(H,25,27,29). The van der Waals surface area contributed by atoms with Crippen LogP contribution in [-0.2, 0) is 19.4 Å². The number of nitrogens with zero attached hydrogens (tertiary/aromatic N) is 2. The number of carbonyl (C=O) groups excluding carboxylic acids is 1. The molecule has 2 amide bonds. The summed E-state index contributed by atoms with van der Waals surface area (Å²) >= 11 is 0. The van der Waals surface area contributed by atoms with E-state index >= 15 is 0 Å². The maximum atomic E-state index is 12.8. The van der Waals surface area contributed by atoms with Crippen LogP contribution < -0.4 is 10.9 Å². The number of anilines is 1. The van der Waals surface area contributed by atoms with Crippen LogP contribution in [0.2, 0.25) is 0 Å². The van der Waals surface area contributed by atoms with Gasteiger partial charge in [0.25, 0.3) is 5.56 Å². The number of fused-ring (bicyclic) bond motifs is 1. The Labute approximate surface area is 176 Å². The Morgan fingerprint density at radius 3 is 2.70 bits per heavy atom. The van der Waals surface area contributed by atoms with Crippen molar-refractivity contribution in [2.24, 2.45) is 0 Å². The molecule has 154 valence electrons. The molecule has 0 fully saturated rings. The highest BCUT2D eigenvalue weighted by Crippen LogP contribution is 2.20. The van der Waals surface area contributed by atoms with Crippen molar-refractivity contribution < 1.29 is 4.79 Å². The molecule has 0 aliphatic carbocycles. The van der Waals surface area contributed by atoms with Crippen molar-refractivity contribution in [2.75, 3.05) is 11.9 Å². The fourth-order valence-electron chi connectivity index (χ4n) is 3.87. The van der Waals surface area contributed by atoms with Crippen LogP contribution in [0.4, 0.5) is 10.5 Å². The Balaban J connectivity index is 1.50. The molecule has 0 saturated carbocycles. The van der Waals surface area contributed by atoms with E-state index in [1.807, 2.05) is 50.2 Å². The first-order chi connectivity index (χ1) is 14.4. The van der Waals surface area contributed by atoms with Gasteiger partial charge in [0, 0.05) is 25.1 Å². The molecule has 0 radical (unpaired) electrons. The van der Waals surface area contributed by atoms with E-state index < -0.39 is 0 Å². The number of hydrogen-bond acceptors (Lipinski definition) is 3. The number of carbonyl (C=O) groups is 1. The van der Waals surface area contributed by atoms with Crippen LogP contribution in [0.5, 0.6) is 0 Å². The second kappa shape index (κ2) is 8.14. The number of amides is 2. The Kier molecular flexibility index (Phi) is 5.40. The Bertz CT molecular complexity index is 1170. The van der Waals surface area contributed by atoms with Gasteiger partial charge in [-0.05, 0) is 43.5 Å². The van der Waals surface area contributed by atoms with Crippen molar-refractivity contribution in [3.8, 4) is 0 Å². The highest BCUT2D eigenvalue weighted by molar-refractivity contribution is 5.90. The van der Waals surface area contributed by atoms with Crippen molar-refractivity contribution in [2.45, 2.75) is 40.2 Å². The molecule has 1 aliphatic rings. The monoisotopic (exact) mass is 402 g/mol. The third-order valence-electron chi connectivity index (χ3n) is 5.65. The van der Waals surface area contributed by atoms with Crippen molar-refractivity contribution in [3.63, 3.8) is 0 Å². The molecule has 6 nitrogen and oxygen atoms in total. The molecule has 0 atom stereocenters. The zero-order valence-corrected chi connectivity index (χ0v) is 17.6. The van der Waals surface area contributed by atoms with Crippen LogP contribution in [0.15, 0.2) is 47.3 Å². The number of nitrogens with one attached hydrogen (secondary N) is 2. The van der Waals surface area contributed by atoms with Crippen LogP contribution in [0, 0.1) is 20.8 Å². The minimum Gasteiger partial charge on any atom is -0.320 e. The lowest BCUT2D eigenvalue weighted by Gasteiger charge is -2.28. The molecule has 0 unspecified atom stereocenters. The van der Waals surface area contributed by atoms with Gasteiger partial charge in [0.05, 0.1) is 17.8 Å². The van der Waals surface area contributed by atoms with E-state index in [1.54, 1.807) is 4.90 Å². The predicted octanol–water partition coefficient (Wildman–Crippen LogP) is 3.88. The normalized spacial score (nSPS) is 13.1. The number of urea groups is 1. The van der Waals surface area contributed by atoms with E-state index in [0.717, 1.165) is 28.1 Å². The minimum atomic E-state index is -0.198. The summed E-state index contributed by atoms with van der Waals surface area (Å²) in [7, 11) is 0. The van der Waals surface area contributed by atoms with Crippen molar-refractivity contribution in [1.29, 1.82) is 0 Å². The minimum absolute atomic E-state index is 0.160. The van der Waals surface area contributed by atoms with Crippen LogP contribution in [0.1, 0.15) is 39.3 Å². The predicted molar refractivity (Wildman–Crippen MR) is 118 cm³/mol. The molecule has 3 aromatic rings. The number of aromatic amines is 1. The Morgan fingerprint density at radius 2 is 1.93 bits per heavy atom. The SMILES string of the molecule is Cc1ccc(NC(=O)N2CCc3nc(Cc4ccccc4C)[nH]c(=O)c3C2)c(C)c1.